The highest BCUT2D eigenvalue weighted by atomic mass is 19.1. The second-order valence-corrected chi connectivity index (χ2v) is 9.05. The maximum Gasteiger partial charge on any atom is 0.293 e. The highest BCUT2D eigenvalue weighted by Gasteiger charge is 2.44. The molecule has 9 nitrogen and oxygen atoms in total. The molecule has 2 aromatic heterocycles. The van der Waals surface area contributed by atoms with E-state index in [1.807, 2.05) is 18.2 Å². The lowest BCUT2D eigenvalue weighted by atomic mass is 9.96. The zero-order chi connectivity index (χ0) is 24.6. The molecule has 180 valence electrons. The van der Waals surface area contributed by atoms with Crippen LogP contribution in [0, 0.1) is 12.7 Å². The first-order valence-electron chi connectivity index (χ1n) is 11.4. The number of aryl methyl sites for hydroxylation is 1. The first-order chi connectivity index (χ1) is 16.8. The Morgan fingerprint density at radius 3 is 2.74 bits per heavy atom. The number of benzene rings is 2. The molecule has 0 saturated heterocycles. The number of nitrogens with one attached hydrogen (secondary N) is 3. The summed E-state index contributed by atoms with van der Waals surface area (Å²) in [6, 6.07) is 12.1. The Morgan fingerprint density at radius 2 is 2.00 bits per heavy atom. The van der Waals surface area contributed by atoms with E-state index in [0.29, 0.717) is 24.6 Å². The van der Waals surface area contributed by atoms with E-state index >= 15 is 0 Å². The van der Waals surface area contributed by atoms with Crippen LogP contribution in [-0.4, -0.2) is 32.2 Å². The predicted molar refractivity (Wildman–Crippen MR) is 131 cm³/mol. The van der Waals surface area contributed by atoms with E-state index in [9.17, 15) is 14.0 Å². The Morgan fingerprint density at radius 1 is 1.23 bits per heavy atom. The zero-order valence-electron chi connectivity index (χ0n) is 19.3. The first-order valence-corrected chi connectivity index (χ1v) is 11.4. The van der Waals surface area contributed by atoms with Crippen molar-refractivity contribution in [1.29, 1.82) is 0 Å². The maximum absolute atomic E-state index is 13.3. The fourth-order valence-corrected chi connectivity index (χ4v) is 4.26. The summed E-state index contributed by atoms with van der Waals surface area (Å²) >= 11 is 0. The molecular formula is C25H26FN7O2. The van der Waals surface area contributed by atoms with Gasteiger partial charge in [-0.15, -0.1) is 0 Å². The van der Waals surface area contributed by atoms with Gasteiger partial charge < -0.3 is 16.4 Å². The lowest BCUT2D eigenvalue weighted by Gasteiger charge is -2.18. The van der Waals surface area contributed by atoms with Gasteiger partial charge in [0.2, 0.25) is 5.91 Å². The molecule has 0 bridgehead atoms. The number of hydrogen-bond donors (Lipinski definition) is 4. The van der Waals surface area contributed by atoms with E-state index in [1.165, 1.54) is 16.7 Å². The second-order valence-electron chi connectivity index (χ2n) is 9.05. The van der Waals surface area contributed by atoms with Crippen LogP contribution in [0.5, 0.6) is 0 Å². The van der Waals surface area contributed by atoms with Gasteiger partial charge >= 0.3 is 0 Å². The molecule has 0 aliphatic heterocycles. The normalized spacial score (nSPS) is 14.1. The summed E-state index contributed by atoms with van der Waals surface area (Å²) in [5, 5.41) is 13.6. The molecule has 2 aromatic carbocycles. The van der Waals surface area contributed by atoms with Crippen molar-refractivity contribution in [2.24, 2.45) is 0 Å². The monoisotopic (exact) mass is 475 g/mol. The average Bonchev–Trinajstić information content (AvgIpc) is 3.56. The van der Waals surface area contributed by atoms with Crippen LogP contribution in [0.2, 0.25) is 0 Å². The Labute approximate surface area is 200 Å². The number of nitrogens with zero attached hydrogens (tertiary/aromatic N) is 3. The molecule has 1 fully saturated rings. The minimum atomic E-state index is -0.359. The summed E-state index contributed by atoms with van der Waals surface area (Å²) in [4.78, 5) is 29.9. The van der Waals surface area contributed by atoms with Crippen LogP contribution < -0.4 is 21.9 Å². The molecule has 0 unspecified atom stereocenters. The van der Waals surface area contributed by atoms with Gasteiger partial charge in [-0.25, -0.2) is 9.37 Å². The van der Waals surface area contributed by atoms with Gasteiger partial charge in [0, 0.05) is 35.8 Å². The minimum absolute atomic E-state index is 0.124. The zero-order valence-corrected chi connectivity index (χ0v) is 19.3. The number of carbonyl (C=O) groups is 1. The molecule has 10 heteroatoms. The number of fused-ring (bicyclic) bond motifs is 1. The lowest BCUT2D eigenvalue weighted by Crippen LogP contribution is -2.35. The maximum atomic E-state index is 13.3. The molecular weight excluding hydrogens is 449 g/mol. The summed E-state index contributed by atoms with van der Waals surface area (Å²) in [5.74, 6) is 0.0277. The number of halogens is 1. The Hall–Kier alpha value is -4.21. The number of H-pyrrole nitrogens is 1. The minimum Gasteiger partial charge on any atom is -0.382 e. The van der Waals surface area contributed by atoms with Crippen molar-refractivity contribution < 1.29 is 9.18 Å². The van der Waals surface area contributed by atoms with Crippen LogP contribution in [-0.2, 0) is 23.3 Å². The number of anilines is 2. The molecule has 0 atom stereocenters. The molecule has 5 rings (SSSR count). The van der Waals surface area contributed by atoms with Gasteiger partial charge in [-0.1, -0.05) is 18.2 Å². The fourth-order valence-electron chi connectivity index (χ4n) is 4.26. The van der Waals surface area contributed by atoms with Crippen LogP contribution >= 0.6 is 0 Å². The van der Waals surface area contributed by atoms with Gasteiger partial charge in [0.15, 0.2) is 11.6 Å². The molecule has 5 N–H and O–H groups in total. The molecule has 4 aromatic rings. The van der Waals surface area contributed by atoms with E-state index in [4.69, 9.17) is 5.73 Å². The van der Waals surface area contributed by atoms with Crippen molar-refractivity contribution in [2.75, 3.05) is 17.6 Å². The van der Waals surface area contributed by atoms with Crippen molar-refractivity contribution in [3.63, 3.8) is 0 Å². The predicted octanol–water partition coefficient (Wildman–Crippen LogP) is 2.61. The third-order valence-corrected chi connectivity index (χ3v) is 6.61. The number of hydrogen-bond acceptors (Lipinski definition) is 6. The van der Waals surface area contributed by atoms with Gasteiger partial charge in [0.05, 0.1) is 5.52 Å². The topological polar surface area (TPSA) is 131 Å². The molecule has 2 heterocycles. The van der Waals surface area contributed by atoms with Crippen LogP contribution in [0.1, 0.15) is 29.7 Å². The van der Waals surface area contributed by atoms with Crippen LogP contribution in [0.4, 0.5) is 16.0 Å². The van der Waals surface area contributed by atoms with E-state index in [2.05, 4.69) is 25.8 Å². The summed E-state index contributed by atoms with van der Waals surface area (Å²) in [6.45, 7) is 2.42. The Kier molecular flexibility index (Phi) is 5.72. The van der Waals surface area contributed by atoms with E-state index in [0.717, 1.165) is 34.9 Å². The first kappa shape index (κ1) is 22.6. The van der Waals surface area contributed by atoms with E-state index in [-0.39, 0.29) is 35.1 Å². The van der Waals surface area contributed by atoms with Crippen LogP contribution in [0.15, 0.2) is 53.5 Å². The summed E-state index contributed by atoms with van der Waals surface area (Å²) in [5.41, 5.74) is 8.68. The quantitative estimate of drug-likeness (QED) is 0.310. The van der Waals surface area contributed by atoms with Gasteiger partial charge in [-0.2, -0.15) is 5.10 Å². The lowest BCUT2D eigenvalue weighted by molar-refractivity contribution is -0.121. The molecule has 1 amide bonds. The Bertz CT molecular complexity index is 1460. The largest absolute Gasteiger partial charge is 0.382 e. The van der Waals surface area contributed by atoms with Crippen molar-refractivity contribution in [1.82, 2.24) is 25.1 Å². The van der Waals surface area contributed by atoms with Gasteiger partial charge in [0.25, 0.3) is 5.56 Å². The molecule has 35 heavy (non-hydrogen) atoms. The van der Waals surface area contributed by atoms with Gasteiger partial charge in [0.1, 0.15) is 12.4 Å². The number of carbonyl (C=O) groups excluding carboxylic acids is 1. The number of nitrogens with two attached hydrogens (primary N) is 1. The number of aromatic nitrogens is 4. The van der Waals surface area contributed by atoms with Crippen LogP contribution in [0.25, 0.3) is 10.9 Å². The summed E-state index contributed by atoms with van der Waals surface area (Å²) in [7, 11) is 0. The van der Waals surface area contributed by atoms with E-state index in [1.54, 1.807) is 25.3 Å². The Balaban J connectivity index is 1.24. The molecule has 1 saturated carbocycles. The third-order valence-electron chi connectivity index (χ3n) is 6.61. The third kappa shape index (κ3) is 4.59. The highest BCUT2D eigenvalue weighted by molar-refractivity contribution is 5.89. The number of amides is 1. The van der Waals surface area contributed by atoms with Crippen molar-refractivity contribution in [3.05, 3.63) is 81.7 Å². The molecule has 0 spiro atoms. The number of nitrogen functional groups attached to an aromatic ring is 1. The second kappa shape index (κ2) is 8.86. The summed E-state index contributed by atoms with van der Waals surface area (Å²) < 4.78 is 14.7. The smallest absolute Gasteiger partial charge is 0.293 e. The number of rotatable bonds is 8. The SMILES string of the molecule is Cc1cnc(NCC2(c3ccc(F)cc3)CC2)c(=O)n1CC(=O)NCc1ccc2[nH]nc(N)c2c1. The highest BCUT2D eigenvalue weighted by Crippen LogP contribution is 2.48. The molecule has 1 aliphatic rings. The van der Waals surface area contributed by atoms with E-state index < -0.39 is 0 Å². The molecule has 0 radical (unpaired) electrons. The average molecular weight is 476 g/mol. The standard InChI is InChI=1S/C25H26FN7O2/c1-15-11-29-23(30-14-25(8-9-25)17-3-5-18(26)6-4-17)24(35)33(15)13-21(34)28-12-16-2-7-20-19(10-16)22(27)32-31-20/h2-7,10-11H,8-9,12-14H2,1H3,(H,28,34)(H,29,30)(H3,27,31,32). The van der Waals surface area contributed by atoms with Gasteiger partial charge in [-0.05, 0) is 55.2 Å². The summed E-state index contributed by atoms with van der Waals surface area (Å²) in [6.07, 6.45) is 3.47. The van der Waals surface area contributed by atoms with Crippen molar-refractivity contribution in [3.8, 4) is 0 Å². The number of aromatic amines is 1. The fraction of sp³-hybridized carbons (Fsp3) is 0.280. The molecule has 1 aliphatic carbocycles. The van der Waals surface area contributed by atoms with Crippen molar-refractivity contribution in [2.45, 2.75) is 38.3 Å². The van der Waals surface area contributed by atoms with Gasteiger partial charge in [-0.3, -0.25) is 19.3 Å². The van der Waals surface area contributed by atoms with Crippen molar-refractivity contribution >= 4 is 28.4 Å². The van der Waals surface area contributed by atoms with Crippen LogP contribution in [0.3, 0.4) is 0 Å².